The zero-order chi connectivity index (χ0) is 14.1. The van der Waals surface area contributed by atoms with Gasteiger partial charge in [0.15, 0.2) is 0 Å². The number of aryl methyl sites for hydroxylation is 1. The Morgan fingerprint density at radius 1 is 1.15 bits per heavy atom. The van der Waals surface area contributed by atoms with Gasteiger partial charge in [0.05, 0.1) is 5.69 Å². The van der Waals surface area contributed by atoms with Crippen molar-refractivity contribution in [2.75, 3.05) is 11.5 Å². The molecule has 1 aliphatic rings. The van der Waals surface area contributed by atoms with Crippen LogP contribution in [0.4, 0.5) is 11.8 Å². The predicted molar refractivity (Wildman–Crippen MR) is 81.5 cm³/mol. The van der Waals surface area contributed by atoms with Gasteiger partial charge in [0.2, 0.25) is 5.95 Å². The topological polar surface area (TPSA) is 77.8 Å². The Labute approximate surface area is 123 Å². The minimum atomic E-state index is 0.275. The molecule has 0 fully saturated rings. The second-order valence-corrected chi connectivity index (χ2v) is 5.77. The van der Waals surface area contributed by atoms with Gasteiger partial charge in [-0.2, -0.15) is 4.98 Å². The number of nitrogen functional groups attached to an aromatic ring is 2. The van der Waals surface area contributed by atoms with Gasteiger partial charge in [-0.25, -0.2) is 4.98 Å². The molecule has 1 unspecified atom stereocenters. The largest absolute Gasteiger partial charge is 0.383 e. The van der Waals surface area contributed by atoms with E-state index in [1.54, 1.807) is 0 Å². The summed E-state index contributed by atoms with van der Waals surface area (Å²) >= 11 is 5.91. The van der Waals surface area contributed by atoms with Crippen molar-refractivity contribution in [1.82, 2.24) is 9.97 Å². The van der Waals surface area contributed by atoms with Crippen molar-refractivity contribution in [1.29, 1.82) is 0 Å². The SMILES string of the molecule is Nc1nc(N)c2c(n1)CCC(Cc1ccc(Cl)cc1)C2. The molecule has 0 saturated carbocycles. The lowest BCUT2D eigenvalue weighted by Crippen LogP contribution is -2.20. The summed E-state index contributed by atoms with van der Waals surface area (Å²) in [6.45, 7) is 0. The fourth-order valence-corrected chi connectivity index (χ4v) is 2.98. The third-order valence-corrected chi connectivity index (χ3v) is 4.11. The number of aromatic nitrogens is 2. The van der Waals surface area contributed by atoms with E-state index in [-0.39, 0.29) is 5.95 Å². The zero-order valence-electron chi connectivity index (χ0n) is 11.1. The third-order valence-electron chi connectivity index (χ3n) is 3.86. The summed E-state index contributed by atoms with van der Waals surface area (Å²) in [5.74, 6) is 1.38. The minimum Gasteiger partial charge on any atom is -0.383 e. The molecule has 1 aromatic heterocycles. The van der Waals surface area contributed by atoms with Gasteiger partial charge in [0.1, 0.15) is 5.82 Å². The lowest BCUT2D eigenvalue weighted by molar-refractivity contribution is 0.450. The molecule has 1 aliphatic carbocycles. The Hall–Kier alpha value is -1.81. The number of benzene rings is 1. The van der Waals surface area contributed by atoms with Crippen LogP contribution in [0.3, 0.4) is 0 Å². The van der Waals surface area contributed by atoms with E-state index in [1.165, 1.54) is 5.56 Å². The maximum Gasteiger partial charge on any atom is 0.222 e. The Kier molecular flexibility index (Phi) is 3.49. The maximum absolute atomic E-state index is 5.97. The molecule has 20 heavy (non-hydrogen) atoms. The van der Waals surface area contributed by atoms with Crippen molar-refractivity contribution in [2.45, 2.75) is 25.7 Å². The molecule has 2 aromatic rings. The summed E-state index contributed by atoms with van der Waals surface area (Å²) < 4.78 is 0. The van der Waals surface area contributed by atoms with Crippen LogP contribution < -0.4 is 11.5 Å². The molecule has 4 nitrogen and oxygen atoms in total. The first-order chi connectivity index (χ1) is 9.61. The molecule has 0 bridgehead atoms. The molecule has 1 aromatic carbocycles. The lowest BCUT2D eigenvalue weighted by atomic mass is 9.83. The van der Waals surface area contributed by atoms with Gasteiger partial charge in [0, 0.05) is 10.6 Å². The van der Waals surface area contributed by atoms with Crippen LogP contribution in [-0.2, 0) is 19.3 Å². The van der Waals surface area contributed by atoms with Gasteiger partial charge in [-0.15, -0.1) is 0 Å². The molecule has 0 amide bonds. The van der Waals surface area contributed by atoms with Crippen LogP contribution in [0.1, 0.15) is 23.2 Å². The summed E-state index contributed by atoms with van der Waals surface area (Å²) in [6, 6.07) is 8.04. The second-order valence-electron chi connectivity index (χ2n) is 5.33. The normalized spacial score (nSPS) is 17.8. The second kappa shape index (κ2) is 5.29. The highest BCUT2D eigenvalue weighted by molar-refractivity contribution is 6.30. The summed E-state index contributed by atoms with van der Waals surface area (Å²) in [4.78, 5) is 8.36. The molecular formula is C15H17ClN4. The average molecular weight is 289 g/mol. The molecule has 4 N–H and O–H groups in total. The summed E-state index contributed by atoms with van der Waals surface area (Å²) in [7, 11) is 0. The number of rotatable bonds is 2. The quantitative estimate of drug-likeness (QED) is 0.890. The first kappa shape index (κ1) is 13.2. The van der Waals surface area contributed by atoms with E-state index in [0.29, 0.717) is 11.7 Å². The fraction of sp³-hybridized carbons (Fsp3) is 0.333. The molecule has 3 rings (SSSR count). The van der Waals surface area contributed by atoms with Gasteiger partial charge in [-0.3, -0.25) is 0 Å². The number of hydrogen-bond donors (Lipinski definition) is 2. The van der Waals surface area contributed by atoms with Gasteiger partial charge >= 0.3 is 0 Å². The molecule has 0 saturated heterocycles. The highest BCUT2D eigenvalue weighted by Gasteiger charge is 2.23. The third kappa shape index (κ3) is 2.70. The first-order valence-electron chi connectivity index (χ1n) is 6.77. The van der Waals surface area contributed by atoms with Crippen LogP contribution >= 0.6 is 11.6 Å². The number of nitrogens with two attached hydrogens (primary N) is 2. The van der Waals surface area contributed by atoms with Crippen LogP contribution in [0.15, 0.2) is 24.3 Å². The van der Waals surface area contributed by atoms with Crippen molar-refractivity contribution in [3.8, 4) is 0 Å². The van der Waals surface area contributed by atoms with Crippen molar-refractivity contribution in [3.63, 3.8) is 0 Å². The lowest BCUT2D eigenvalue weighted by Gasteiger charge is -2.24. The number of hydrogen-bond acceptors (Lipinski definition) is 4. The Morgan fingerprint density at radius 3 is 2.65 bits per heavy atom. The fourth-order valence-electron chi connectivity index (χ4n) is 2.86. The standard InChI is InChI=1S/C15H17ClN4/c16-11-4-1-9(2-5-11)7-10-3-6-13-12(8-10)14(17)20-15(18)19-13/h1-2,4-5,10H,3,6-8H2,(H4,17,18,19,20). The molecular weight excluding hydrogens is 272 g/mol. The van der Waals surface area contributed by atoms with Crippen LogP contribution in [0, 0.1) is 5.92 Å². The average Bonchev–Trinajstić information content (AvgIpc) is 2.42. The van der Waals surface area contributed by atoms with E-state index in [1.807, 2.05) is 12.1 Å². The van der Waals surface area contributed by atoms with E-state index in [4.69, 9.17) is 23.1 Å². The zero-order valence-corrected chi connectivity index (χ0v) is 11.9. The van der Waals surface area contributed by atoms with Crippen molar-refractivity contribution in [2.24, 2.45) is 5.92 Å². The molecule has 5 heteroatoms. The predicted octanol–water partition coefficient (Wildman–Crippen LogP) is 2.64. The monoisotopic (exact) mass is 288 g/mol. The van der Waals surface area contributed by atoms with E-state index >= 15 is 0 Å². The van der Waals surface area contributed by atoms with Crippen LogP contribution in [-0.4, -0.2) is 9.97 Å². The van der Waals surface area contributed by atoms with E-state index in [0.717, 1.165) is 42.0 Å². The van der Waals surface area contributed by atoms with Crippen LogP contribution in [0.2, 0.25) is 5.02 Å². The molecule has 0 aliphatic heterocycles. The van der Waals surface area contributed by atoms with Crippen molar-refractivity contribution < 1.29 is 0 Å². The summed E-state index contributed by atoms with van der Waals surface area (Å²) in [6.07, 6.45) is 3.97. The molecule has 0 spiro atoms. The number of fused-ring (bicyclic) bond motifs is 1. The molecule has 104 valence electrons. The van der Waals surface area contributed by atoms with E-state index in [9.17, 15) is 0 Å². The smallest absolute Gasteiger partial charge is 0.222 e. The number of anilines is 2. The summed E-state index contributed by atoms with van der Waals surface area (Å²) in [5.41, 5.74) is 15.0. The highest BCUT2D eigenvalue weighted by Crippen LogP contribution is 2.30. The molecule has 1 heterocycles. The number of nitrogens with zero attached hydrogens (tertiary/aromatic N) is 2. The van der Waals surface area contributed by atoms with Crippen LogP contribution in [0.5, 0.6) is 0 Å². The highest BCUT2D eigenvalue weighted by atomic mass is 35.5. The Bertz CT molecular complexity index is 625. The maximum atomic E-state index is 5.97. The van der Waals surface area contributed by atoms with Crippen molar-refractivity contribution >= 4 is 23.4 Å². The van der Waals surface area contributed by atoms with E-state index < -0.39 is 0 Å². The summed E-state index contributed by atoms with van der Waals surface area (Å²) in [5, 5.41) is 0.774. The first-order valence-corrected chi connectivity index (χ1v) is 7.15. The minimum absolute atomic E-state index is 0.275. The van der Waals surface area contributed by atoms with Gasteiger partial charge in [0.25, 0.3) is 0 Å². The van der Waals surface area contributed by atoms with Crippen LogP contribution in [0.25, 0.3) is 0 Å². The molecule has 1 atom stereocenters. The van der Waals surface area contributed by atoms with Crippen molar-refractivity contribution in [3.05, 3.63) is 46.1 Å². The Balaban J connectivity index is 1.77. The van der Waals surface area contributed by atoms with Gasteiger partial charge in [-0.1, -0.05) is 23.7 Å². The number of halogens is 1. The van der Waals surface area contributed by atoms with Gasteiger partial charge < -0.3 is 11.5 Å². The molecule has 0 radical (unpaired) electrons. The van der Waals surface area contributed by atoms with E-state index in [2.05, 4.69) is 22.1 Å². The van der Waals surface area contributed by atoms with Gasteiger partial charge in [-0.05, 0) is 49.3 Å². The Morgan fingerprint density at radius 2 is 1.90 bits per heavy atom.